The molecule has 0 saturated carbocycles. The molecule has 1 heterocycles. The molecule has 1 aliphatic heterocycles. The molecular weight excluding hydrogens is 522 g/mol. The Bertz CT molecular complexity index is 1260. The van der Waals surface area contributed by atoms with Crippen LogP contribution in [0.3, 0.4) is 0 Å². The number of fused-ring (bicyclic) bond motifs is 1. The highest BCUT2D eigenvalue weighted by atomic mass is 16.7. The van der Waals surface area contributed by atoms with Crippen LogP contribution in [0.25, 0.3) is 0 Å². The highest BCUT2D eigenvalue weighted by Gasteiger charge is 2.36. The monoisotopic (exact) mass is 555 g/mol. The number of rotatable bonds is 9. The fraction of sp³-hybridized carbons (Fsp3) is 0.429. The number of carbonyl (C=O) groups is 4. The average molecular weight is 556 g/mol. The van der Waals surface area contributed by atoms with E-state index in [0.29, 0.717) is 10.6 Å². The fourth-order valence-corrected chi connectivity index (χ4v) is 3.99. The summed E-state index contributed by atoms with van der Waals surface area (Å²) >= 11 is 0. The zero-order chi connectivity index (χ0) is 29.8. The number of hydrogen-bond donors (Lipinski definition) is 1. The van der Waals surface area contributed by atoms with Crippen LogP contribution >= 0.6 is 0 Å². The normalized spacial score (nSPS) is 14.0. The van der Waals surface area contributed by atoms with Gasteiger partial charge in [0, 0.05) is 24.1 Å². The quantitative estimate of drug-likeness (QED) is 0.204. The summed E-state index contributed by atoms with van der Waals surface area (Å²) in [4.78, 5) is 67.0. The molecule has 40 heavy (non-hydrogen) atoms. The minimum absolute atomic E-state index is 0.115. The van der Waals surface area contributed by atoms with Crippen molar-refractivity contribution >= 4 is 29.6 Å². The number of alkyl carbamates (subject to hydrolysis) is 1. The topological polar surface area (TPSA) is 154 Å². The first-order valence-electron chi connectivity index (χ1n) is 12.6. The van der Waals surface area contributed by atoms with Crippen molar-refractivity contribution in [1.29, 1.82) is 0 Å². The van der Waals surface area contributed by atoms with Gasteiger partial charge >= 0.3 is 12.1 Å². The number of amides is 3. The summed E-state index contributed by atoms with van der Waals surface area (Å²) in [5.41, 5.74) is -0.784. The first-order chi connectivity index (χ1) is 18.5. The summed E-state index contributed by atoms with van der Waals surface area (Å²) in [6, 6.07) is 9.56. The summed E-state index contributed by atoms with van der Waals surface area (Å²) in [6.45, 7) is 9.89. The second kappa shape index (κ2) is 11.8. The maximum absolute atomic E-state index is 12.6. The molecule has 214 valence electrons. The molecular formula is C28H33N3O9. The SMILES string of the molecule is CC(C)(C)OC(=O)C[C@H](Cc1cc(CON2C(=O)c3ccccc3C2=O)ccc1[N+](=O)[O-])NC(=O)OC(C)(C)C. The number of nitro groups is 1. The Kier molecular flexibility index (Phi) is 8.93. The largest absolute Gasteiger partial charge is 0.460 e. The number of ether oxygens (including phenoxy) is 2. The number of carbonyl (C=O) groups excluding carboxylic acids is 4. The third kappa shape index (κ3) is 8.09. The minimum Gasteiger partial charge on any atom is -0.460 e. The van der Waals surface area contributed by atoms with E-state index in [-0.39, 0.29) is 41.8 Å². The molecule has 0 unspecified atom stereocenters. The summed E-state index contributed by atoms with van der Waals surface area (Å²) in [5, 5.41) is 15.0. The van der Waals surface area contributed by atoms with E-state index in [1.165, 1.54) is 30.3 Å². The minimum atomic E-state index is -0.907. The van der Waals surface area contributed by atoms with E-state index >= 15 is 0 Å². The molecule has 0 bridgehead atoms. The van der Waals surface area contributed by atoms with E-state index in [2.05, 4.69) is 5.32 Å². The van der Waals surface area contributed by atoms with Gasteiger partial charge in [-0.15, -0.1) is 5.06 Å². The smallest absolute Gasteiger partial charge is 0.407 e. The van der Waals surface area contributed by atoms with Crippen molar-refractivity contribution < 1.29 is 38.4 Å². The van der Waals surface area contributed by atoms with Crippen LogP contribution in [0.5, 0.6) is 0 Å². The first-order valence-corrected chi connectivity index (χ1v) is 12.6. The van der Waals surface area contributed by atoms with Gasteiger partial charge in [-0.3, -0.25) is 29.3 Å². The van der Waals surface area contributed by atoms with Crippen LogP contribution in [0.4, 0.5) is 10.5 Å². The number of hydroxylamine groups is 2. The van der Waals surface area contributed by atoms with E-state index in [9.17, 15) is 29.3 Å². The van der Waals surface area contributed by atoms with Crippen molar-refractivity contribution in [2.75, 3.05) is 0 Å². The number of nitrogens with zero attached hydrogens (tertiary/aromatic N) is 2. The van der Waals surface area contributed by atoms with Crippen molar-refractivity contribution in [3.63, 3.8) is 0 Å². The molecule has 12 nitrogen and oxygen atoms in total. The summed E-state index contributed by atoms with van der Waals surface area (Å²) < 4.78 is 10.7. The van der Waals surface area contributed by atoms with Crippen LogP contribution in [0.15, 0.2) is 42.5 Å². The summed E-state index contributed by atoms with van der Waals surface area (Å²) in [7, 11) is 0. The van der Waals surface area contributed by atoms with Crippen molar-refractivity contribution in [3.05, 3.63) is 74.8 Å². The summed E-state index contributed by atoms with van der Waals surface area (Å²) in [5.74, 6) is -1.83. The Morgan fingerprint density at radius 3 is 2.05 bits per heavy atom. The highest BCUT2D eigenvalue weighted by Crippen LogP contribution is 2.26. The Labute approximate surface area is 231 Å². The third-order valence-electron chi connectivity index (χ3n) is 5.48. The lowest BCUT2D eigenvalue weighted by Gasteiger charge is -2.25. The van der Waals surface area contributed by atoms with Gasteiger partial charge in [0.2, 0.25) is 0 Å². The molecule has 3 rings (SSSR count). The van der Waals surface area contributed by atoms with Crippen molar-refractivity contribution in [2.45, 2.75) is 78.2 Å². The molecule has 2 aromatic rings. The van der Waals surface area contributed by atoms with Gasteiger partial charge in [0.25, 0.3) is 17.5 Å². The molecule has 1 aliphatic rings. The highest BCUT2D eigenvalue weighted by molar-refractivity contribution is 6.20. The molecule has 0 radical (unpaired) electrons. The standard InChI is InChI=1S/C28H33N3O9/c1-27(2,3)39-23(32)15-19(29-26(35)40-28(4,5)6)14-18-13-17(11-12-22(18)31(36)37)16-38-30-24(33)20-9-7-8-10-21(20)25(30)34/h7-13,19H,14-16H2,1-6H3,(H,29,35)/t19-/m0/s1. The van der Waals surface area contributed by atoms with E-state index in [4.69, 9.17) is 14.3 Å². The van der Waals surface area contributed by atoms with E-state index in [0.717, 1.165) is 0 Å². The van der Waals surface area contributed by atoms with Crippen molar-refractivity contribution in [1.82, 2.24) is 10.4 Å². The van der Waals surface area contributed by atoms with Gasteiger partial charge in [-0.1, -0.05) is 12.1 Å². The van der Waals surface area contributed by atoms with Gasteiger partial charge in [0.1, 0.15) is 17.8 Å². The predicted octanol–water partition coefficient (Wildman–Crippen LogP) is 4.49. The van der Waals surface area contributed by atoms with Gasteiger partial charge in [0.05, 0.1) is 22.5 Å². The van der Waals surface area contributed by atoms with Gasteiger partial charge in [-0.05, 0) is 71.4 Å². The Morgan fingerprint density at radius 1 is 0.950 bits per heavy atom. The molecule has 3 amide bonds. The molecule has 0 fully saturated rings. The lowest BCUT2D eigenvalue weighted by Crippen LogP contribution is -2.42. The van der Waals surface area contributed by atoms with Crippen LogP contribution in [0.2, 0.25) is 0 Å². The van der Waals surface area contributed by atoms with Crippen molar-refractivity contribution in [3.8, 4) is 0 Å². The number of nitrogens with one attached hydrogen (secondary N) is 1. The van der Waals surface area contributed by atoms with Gasteiger partial charge in [-0.2, -0.15) is 0 Å². The van der Waals surface area contributed by atoms with Crippen LogP contribution in [0.1, 0.15) is 79.8 Å². The average Bonchev–Trinajstić information content (AvgIpc) is 3.04. The molecule has 1 N–H and O–H groups in total. The van der Waals surface area contributed by atoms with Gasteiger partial charge in [-0.25, -0.2) is 4.79 Å². The predicted molar refractivity (Wildman–Crippen MR) is 142 cm³/mol. The molecule has 2 aromatic carbocycles. The van der Waals surface area contributed by atoms with Crippen LogP contribution in [0, 0.1) is 10.1 Å². The van der Waals surface area contributed by atoms with Gasteiger partial charge in [0.15, 0.2) is 0 Å². The number of imide groups is 1. The Hall–Kier alpha value is -4.32. The van der Waals surface area contributed by atoms with Crippen LogP contribution < -0.4 is 5.32 Å². The number of nitro benzene ring substituents is 1. The first kappa shape index (κ1) is 30.2. The molecule has 0 aromatic heterocycles. The third-order valence-corrected chi connectivity index (χ3v) is 5.48. The Morgan fingerprint density at radius 2 is 1.52 bits per heavy atom. The van der Waals surface area contributed by atoms with E-state index in [1.807, 2.05) is 0 Å². The molecule has 0 saturated heterocycles. The fourth-order valence-electron chi connectivity index (χ4n) is 3.99. The number of esters is 1. The van der Waals surface area contributed by atoms with Crippen LogP contribution in [-0.2, 0) is 32.1 Å². The lowest BCUT2D eigenvalue weighted by atomic mass is 9.99. The van der Waals surface area contributed by atoms with Crippen molar-refractivity contribution in [2.24, 2.45) is 0 Å². The second-order valence-electron chi connectivity index (χ2n) is 11.3. The maximum atomic E-state index is 12.6. The molecule has 12 heteroatoms. The van der Waals surface area contributed by atoms with Gasteiger partial charge < -0.3 is 14.8 Å². The lowest BCUT2D eigenvalue weighted by molar-refractivity contribution is -0.385. The molecule has 0 aliphatic carbocycles. The van der Waals surface area contributed by atoms with Crippen LogP contribution in [-0.4, -0.2) is 51.1 Å². The molecule has 1 atom stereocenters. The summed E-state index contributed by atoms with van der Waals surface area (Å²) in [6.07, 6.45) is -1.19. The van der Waals surface area contributed by atoms with E-state index in [1.54, 1.807) is 53.7 Å². The number of benzene rings is 2. The zero-order valence-corrected chi connectivity index (χ0v) is 23.3. The van der Waals surface area contributed by atoms with E-state index < -0.39 is 46.0 Å². The second-order valence-corrected chi connectivity index (χ2v) is 11.3. The number of hydrogen-bond acceptors (Lipinski definition) is 9. The molecule has 0 spiro atoms. The Balaban J connectivity index is 1.82. The zero-order valence-electron chi connectivity index (χ0n) is 23.3. The maximum Gasteiger partial charge on any atom is 0.407 e.